The van der Waals surface area contributed by atoms with Crippen LogP contribution in [0, 0.1) is 5.92 Å². The van der Waals surface area contributed by atoms with Crippen molar-refractivity contribution < 1.29 is 8.42 Å². The minimum absolute atomic E-state index is 0.0479. The quantitative estimate of drug-likeness (QED) is 0.824. The van der Waals surface area contributed by atoms with Crippen molar-refractivity contribution in [2.75, 3.05) is 11.5 Å². The van der Waals surface area contributed by atoms with Crippen molar-refractivity contribution in [1.82, 2.24) is 9.78 Å². The molecule has 16 heavy (non-hydrogen) atoms. The maximum absolute atomic E-state index is 11.5. The standard InChI is InChI=1S/C10H17N3O2S/c1-7(2)5-13-9-3-4-16(14,15)6-8(9)10(11)12-13/h7H,3-6H2,1-2H3,(H2,11,12). The van der Waals surface area contributed by atoms with Crippen molar-refractivity contribution in [2.45, 2.75) is 32.6 Å². The molecule has 6 heteroatoms. The van der Waals surface area contributed by atoms with Gasteiger partial charge in [0.05, 0.1) is 11.5 Å². The molecule has 2 heterocycles. The molecule has 0 atom stereocenters. The van der Waals surface area contributed by atoms with Crippen molar-refractivity contribution in [3.8, 4) is 0 Å². The molecule has 0 bridgehead atoms. The van der Waals surface area contributed by atoms with E-state index in [9.17, 15) is 8.42 Å². The molecule has 90 valence electrons. The monoisotopic (exact) mass is 243 g/mol. The SMILES string of the molecule is CC(C)Cn1nc(N)c2c1CCS(=O)(=O)C2. The van der Waals surface area contributed by atoms with Gasteiger partial charge in [0.15, 0.2) is 9.84 Å². The fraction of sp³-hybridized carbons (Fsp3) is 0.700. The summed E-state index contributed by atoms with van der Waals surface area (Å²) < 4.78 is 24.9. The molecule has 1 aromatic heterocycles. The number of aromatic nitrogens is 2. The summed E-state index contributed by atoms with van der Waals surface area (Å²) in [6.07, 6.45) is 0.536. The first-order valence-electron chi connectivity index (χ1n) is 5.43. The van der Waals surface area contributed by atoms with Crippen molar-refractivity contribution in [1.29, 1.82) is 0 Å². The van der Waals surface area contributed by atoms with Crippen LogP contribution in [0.5, 0.6) is 0 Å². The zero-order chi connectivity index (χ0) is 11.9. The number of anilines is 1. The summed E-state index contributed by atoms with van der Waals surface area (Å²) in [4.78, 5) is 0. The van der Waals surface area contributed by atoms with E-state index in [0.717, 1.165) is 12.2 Å². The number of rotatable bonds is 2. The highest BCUT2D eigenvalue weighted by Gasteiger charge is 2.27. The Morgan fingerprint density at radius 1 is 1.50 bits per heavy atom. The van der Waals surface area contributed by atoms with Crippen molar-refractivity contribution in [2.24, 2.45) is 5.92 Å². The molecule has 2 rings (SSSR count). The van der Waals surface area contributed by atoms with E-state index >= 15 is 0 Å². The first-order chi connectivity index (χ1) is 7.39. The minimum atomic E-state index is -2.97. The predicted molar refractivity (Wildman–Crippen MR) is 62.7 cm³/mol. The van der Waals surface area contributed by atoms with Crippen LogP contribution in [0.25, 0.3) is 0 Å². The van der Waals surface area contributed by atoms with Gasteiger partial charge in [-0.15, -0.1) is 0 Å². The largest absolute Gasteiger partial charge is 0.382 e. The number of nitrogen functional groups attached to an aromatic ring is 1. The van der Waals surface area contributed by atoms with Gasteiger partial charge in [-0.2, -0.15) is 5.10 Å². The molecule has 0 unspecified atom stereocenters. The second kappa shape index (κ2) is 3.76. The lowest BCUT2D eigenvalue weighted by Crippen LogP contribution is -2.21. The molecule has 1 aromatic rings. The van der Waals surface area contributed by atoms with Gasteiger partial charge in [0.2, 0.25) is 0 Å². The van der Waals surface area contributed by atoms with Crippen molar-refractivity contribution >= 4 is 15.7 Å². The van der Waals surface area contributed by atoms with Gasteiger partial charge < -0.3 is 5.73 Å². The molecule has 0 aromatic carbocycles. The summed E-state index contributed by atoms with van der Waals surface area (Å²) in [5.41, 5.74) is 7.48. The molecule has 0 amide bonds. The molecule has 0 aliphatic carbocycles. The number of hydrogen-bond donors (Lipinski definition) is 1. The zero-order valence-electron chi connectivity index (χ0n) is 9.60. The minimum Gasteiger partial charge on any atom is -0.382 e. The van der Waals surface area contributed by atoms with Crippen LogP contribution >= 0.6 is 0 Å². The van der Waals surface area contributed by atoms with Crippen LogP contribution in [0.2, 0.25) is 0 Å². The molecule has 1 aliphatic heterocycles. The Kier molecular flexibility index (Phi) is 2.69. The summed E-state index contributed by atoms with van der Waals surface area (Å²) in [5, 5.41) is 4.23. The molecule has 1 aliphatic rings. The van der Waals surface area contributed by atoms with Crippen LogP contribution in [0.4, 0.5) is 5.82 Å². The normalized spacial score (nSPS) is 18.7. The molecule has 0 saturated heterocycles. The summed E-state index contributed by atoms with van der Waals surface area (Å²) in [6, 6.07) is 0. The average Bonchev–Trinajstić information content (AvgIpc) is 2.40. The van der Waals surface area contributed by atoms with Crippen LogP contribution < -0.4 is 5.73 Å². The Balaban J connectivity index is 2.40. The van der Waals surface area contributed by atoms with Gasteiger partial charge in [0.1, 0.15) is 5.82 Å². The Hall–Kier alpha value is -1.04. The number of fused-ring (bicyclic) bond motifs is 1. The summed E-state index contributed by atoms with van der Waals surface area (Å²) in [6.45, 7) is 4.99. The van der Waals surface area contributed by atoms with Gasteiger partial charge >= 0.3 is 0 Å². The highest BCUT2D eigenvalue weighted by atomic mass is 32.2. The molecule has 0 fully saturated rings. The second-order valence-corrected chi connectivity index (χ2v) is 6.91. The predicted octanol–water partition coefficient (Wildman–Crippen LogP) is 0.592. The summed E-state index contributed by atoms with van der Waals surface area (Å²) in [7, 11) is -2.97. The Bertz CT molecular complexity index is 502. The summed E-state index contributed by atoms with van der Waals surface area (Å²) >= 11 is 0. The van der Waals surface area contributed by atoms with Crippen LogP contribution in [-0.2, 0) is 28.6 Å². The highest BCUT2D eigenvalue weighted by Crippen LogP contribution is 2.26. The number of nitrogens with two attached hydrogens (primary N) is 1. The second-order valence-electron chi connectivity index (χ2n) is 4.73. The number of nitrogens with zero attached hydrogens (tertiary/aromatic N) is 2. The van der Waals surface area contributed by atoms with E-state index in [1.807, 2.05) is 4.68 Å². The van der Waals surface area contributed by atoms with Gasteiger partial charge in [-0.25, -0.2) is 8.42 Å². The highest BCUT2D eigenvalue weighted by molar-refractivity contribution is 7.90. The maximum Gasteiger partial charge on any atom is 0.155 e. The van der Waals surface area contributed by atoms with Crippen LogP contribution in [0.15, 0.2) is 0 Å². The van der Waals surface area contributed by atoms with E-state index in [1.165, 1.54) is 0 Å². The van der Waals surface area contributed by atoms with E-state index in [1.54, 1.807) is 0 Å². The number of sulfone groups is 1. The Labute approximate surface area is 95.6 Å². The molecule has 5 nitrogen and oxygen atoms in total. The van der Waals surface area contributed by atoms with Gasteiger partial charge in [-0.1, -0.05) is 13.8 Å². The molecular formula is C10H17N3O2S. The Morgan fingerprint density at radius 2 is 2.19 bits per heavy atom. The van der Waals surface area contributed by atoms with Crippen LogP contribution in [-0.4, -0.2) is 24.0 Å². The lowest BCUT2D eigenvalue weighted by molar-refractivity contribution is 0.469. The molecule has 0 spiro atoms. The molecule has 0 saturated carbocycles. The lowest BCUT2D eigenvalue weighted by Gasteiger charge is -2.15. The van der Waals surface area contributed by atoms with Crippen LogP contribution in [0.1, 0.15) is 25.1 Å². The molecule has 0 radical (unpaired) electrons. The molecular weight excluding hydrogens is 226 g/mol. The maximum atomic E-state index is 11.5. The van der Waals surface area contributed by atoms with Crippen molar-refractivity contribution in [3.63, 3.8) is 0 Å². The Morgan fingerprint density at radius 3 is 2.81 bits per heavy atom. The first-order valence-corrected chi connectivity index (χ1v) is 7.25. The third kappa shape index (κ3) is 2.07. The van der Waals surface area contributed by atoms with E-state index in [0.29, 0.717) is 23.7 Å². The van der Waals surface area contributed by atoms with E-state index in [2.05, 4.69) is 18.9 Å². The van der Waals surface area contributed by atoms with E-state index in [-0.39, 0.29) is 11.5 Å². The average molecular weight is 243 g/mol. The van der Waals surface area contributed by atoms with Gasteiger partial charge in [-0.3, -0.25) is 4.68 Å². The van der Waals surface area contributed by atoms with Gasteiger partial charge in [-0.05, 0) is 5.92 Å². The topological polar surface area (TPSA) is 78.0 Å². The summed E-state index contributed by atoms with van der Waals surface area (Å²) in [5.74, 6) is 1.11. The van der Waals surface area contributed by atoms with Gasteiger partial charge in [0, 0.05) is 24.2 Å². The lowest BCUT2D eigenvalue weighted by atomic mass is 10.2. The number of hydrogen-bond acceptors (Lipinski definition) is 4. The van der Waals surface area contributed by atoms with E-state index < -0.39 is 9.84 Å². The molecule has 2 N–H and O–H groups in total. The first kappa shape index (κ1) is 11.4. The van der Waals surface area contributed by atoms with E-state index in [4.69, 9.17) is 5.73 Å². The smallest absolute Gasteiger partial charge is 0.155 e. The fourth-order valence-corrected chi connectivity index (χ4v) is 3.44. The third-order valence-corrected chi connectivity index (χ3v) is 4.30. The fourth-order valence-electron chi connectivity index (χ4n) is 2.03. The van der Waals surface area contributed by atoms with Crippen LogP contribution in [0.3, 0.4) is 0 Å². The third-order valence-electron chi connectivity index (χ3n) is 2.75. The van der Waals surface area contributed by atoms with Crippen molar-refractivity contribution in [3.05, 3.63) is 11.3 Å². The van der Waals surface area contributed by atoms with Gasteiger partial charge in [0.25, 0.3) is 0 Å². The zero-order valence-corrected chi connectivity index (χ0v) is 10.4.